The average Bonchev–Trinajstić information content (AvgIpc) is 3.05. The highest BCUT2D eigenvalue weighted by atomic mass is 16.4. The van der Waals surface area contributed by atoms with Gasteiger partial charge in [-0.15, -0.1) is 0 Å². The van der Waals surface area contributed by atoms with Gasteiger partial charge < -0.3 is 14.6 Å². The van der Waals surface area contributed by atoms with Crippen LogP contribution in [0.3, 0.4) is 0 Å². The van der Waals surface area contributed by atoms with Crippen LogP contribution in [0.25, 0.3) is 11.5 Å². The molecule has 0 aliphatic carbocycles. The normalized spacial score (nSPS) is 10.6. The van der Waals surface area contributed by atoms with Crippen molar-refractivity contribution in [2.45, 2.75) is 27.2 Å². The lowest BCUT2D eigenvalue weighted by Crippen LogP contribution is -2.21. The van der Waals surface area contributed by atoms with E-state index in [-0.39, 0.29) is 12.3 Å². The van der Waals surface area contributed by atoms with Gasteiger partial charge in [0.15, 0.2) is 0 Å². The Morgan fingerprint density at radius 1 is 1.04 bits per heavy atom. The molecule has 0 atom stereocenters. The fourth-order valence-corrected chi connectivity index (χ4v) is 3.00. The van der Waals surface area contributed by atoms with Crippen LogP contribution in [-0.4, -0.2) is 24.0 Å². The van der Waals surface area contributed by atoms with Gasteiger partial charge in [0.2, 0.25) is 11.8 Å². The van der Waals surface area contributed by atoms with Gasteiger partial charge in [0.1, 0.15) is 5.76 Å². The molecule has 3 aromatic rings. The first-order valence-electron chi connectivity index (χ1n) is 9.27. The van der Waals surface area contributed by atoms with Gasteiger partial charge in [-0.25, -0.2) is 4.98 Å². The fourth-order valence-electron chi connectivity index (χ4n) is 3.00. The third-order valence-electron chi connectivity index (χ3n) is 4.52. The number of aryl methyl sites for hydroxylation is 1. The Morgan fingerprint density at radius 2 is 1.70 bits per heavy atom. The number of amides is 1. The van der Waals surface area contributed by atoms with Crippen LogP contribution < -0.4 is 10.2 Å². The van der Waals surface area contributed by atoms with Gasteiger partial charge in [-0.1, -0.05) is 18.2 Å². The second-order valence-electron chi connectivity index (χ2n) is 6.33. The number of oxazole rings is 1. The van der Waals surface area contributed by atoms with E-state index in [0.29, 0.717) is 17.3 Å². The summed E-state index contributed by atoms with van der Waals surface area (Å²) in [5, 5.41) is 2.93. The van der Waals surface area contributed by atoms with Crippen molar-refractivity contribution in [2.24, 2.45) is 0 Å². The van der Waals surface area contributed by atoms with Crippen molar-refractivity contribution in [1.29, 1.82) is 0 Å². The van der Waals surface area contributed by atoms with Crippen LogP contribution in [0.5, 0.6) is 0 Å². The van der Waals surface area contributed by atoms with Crippen molar-refractivity contribution in [3.05, 3.63) is 66.1 Å². The quantitative estimate of drug-likeness (QED) is 0.662. The Kier molecular flexibility index (Phi) is 5.91. The monoisotopic (exact) mass is 363 g/mol. The van der Waals surface area contributed by atoms with E-state index in [4.69, 9.17) is 4.42 Å². The zero-order chi connectivity index (χ0) is 19.2. The molecule has 2 aromatic carbocycles. The predicted octanol–water partition coefficient (Wildman–Crippen LogP) is 4.68. The molecule has 0 saturated carbocycles. The third-order valence-corrected chi connectivity index (χ3v) is 4.52. The zero-order valence-electron chi connectivity index (χ0n) is 16.0. The number of benzene rings is 2. The highest BCUT2D eigenvalue weighted by molar-refractivity contribution is 5.92. The molecule has 5 heteroatoms. The first kappa shape index (κ1) is 18.7. The lowest BCUT2D eigenvalue weighted by molar-refractivity contribution is -0.115. The van der Waals surface area contributed by atoms with Gasteiger partial charge in [-0.05, 0) is 57.2 Å². The Labute approximate surface area is 160 Å². The summed E-state index contributed by atoms with van der Waals surface area (Å²) < 4.78 is 5.72. The molecule has 1 N–H and O–H groups in total. The van der Waals surface area contributed by atoms with Crippen LogP contribution >= 0.6 is 0 Å². The summed E-state index contributed by atoms with van der Waals surface area (Å²) in [5.41, 5.74) is 3.49. The van der Waals surface area contributed by atoms with Crippen LogP contribution in [0, 0.1) is 6.92 Å². The highest BCUT2D eigenvalue weighted by Crippen LogP contribution is 2.22. The van der Waals surface area contributed by atoms with Crippen LogP contribution in [0.1, 0.15) is 25.3 Å². The van der Waals surface area contributed by atoms with E-state index in [2.05, 4.69) is 29.0 Å². The number of anilines is 2. The summed E-state index contributed by atoms with van der Waals surface area (Å²) in [6.45, 7) is 8.00. The van der Waals surface area contributed by atoms with Gasteiger partial charge in [0, 0.05) is 30.0 Å². The molecule has 0 bridgehead atoms. The van der Waals surface area contributed by atoms with Crippen LogP contribution in [-0.2, 0) is 11.2 Å². The smallest absolute Gasteiger partial charge is 0.230 e. The predicted molar refractivity (Wildman–Crippen MR) is 109 cm³/mol. The molecular weight excluding hydrogens is 338 g/mol. The highest BCUT2D eigenvalue weighted by Gasteiger charge is 2.15. The van der Waals surface area contributed by atoms with Crippen LogP contribution in [0.4, 0.5) is 11.4 Å². The van der Waals surface area contributed by atoms with Crippen LogP contribution in [0.2, 0.25) is 0 Å². The minimum atomic E-state index is -0.110. The van der Waals surface area contributed by atoms with E-state index in [9.17, 15) is 4.79 Å². The molecule has 0 spiro atoms. The number of hydrogen-bond donors (Lipinski definition) is 1. The average molecular weight is 363 g/mol. The van der Waals surface area contributed by atoms with Crippen molar-refractivity contribution in [2.75, 3.05) is 23.3 Å². The molecule has 3 rings (SSSR count). The molecule has 0 aliphatic rings. The van der Waals surface area contributed by atoms with Gasteiger partial charge in [-0.3, -0.25) is 4.79 Å². The van der Waals surface area contributed by atoms with Crippen molar-refractivity contribution in [3.8, 4) is 11.5 Å². The van der Waals surface area contributed by atoms with Crippen molar-refractivity contribution in [1.82, 2.24) is 4.98 Å². The molecule has 0 saturated heterocycles. The number of hydrogen-bond acceptors (Lipinski definition) is 4. The van der Waals surface area contributed by atoms with E-state index in [1.165, 1.54) is 0 Å². The van der Waals surface area contributed by atoms with E-state index in [0.717, 1.165) is 30.0 Å². The van der Waals surface area contributed by atoms with E-state index < -0.39 is 0 Å². The summed E-state index contributed by atoms with van der Waals surface area (Å²) in [6, 6.07) is 17.6. The summed E-state index contributed by atoms with van der Waals surface area (Å²) in [4.78, 5) is 19.2. The van der Waals surface area contributed by atoms with E-state index in [1.807, 2.05) is 61.5 Å². The zero-order valence-corrected chi connectivity index (χ0v) is 16.0. The number of nitrogens with one attached hydrogen (secondary N) is 1. The summed E-state index contributed by atoms with van der Waals surface area (Å²) >= 11 is 0. The largest absolute Gasteiger partial charge is 0.441 e. The molecule has 1 aromatic heterocycles. The second kappa shape index (κ2) is 8.54. The number of carbonyl (C=O) groups excluding carboxylic acids is 1. The number of carbonyl (C=O) groups is 1. The molecule has 0 aliphatic heterocycles. The fraction of sp³-hybridized carbons (Fsp3) is 0.273. The van der Waals surface area contributed by atoms with Gasteiger partial charge in [0.25, 0.3) is 0 Å². The molecule has 1 heterocycles. The standard InChI is InChI=1S/C22H25N3O2/c1-4-25(5-2)19-13-11-18(12-14-19)23-21(26)15-20-16(3)27-22(24-20)17-9-7-6-8-10-17/h6-14H,4-5,15H2,1-3H3,(H,23,26). The maximum absolute atomic E-state index is 12.4. The molecular formula is C22H25N3O2. The second-order valence-corrected chi connectivity index (χ2v) is 6.33. The summed E-state index contributed by atoms with van der Waals surface area (Å²) in [7, 11) is 0. The Bertz CT molecular complexity index is 882. The molecule has 1 amide bonds. The third kappa shape index (κ3) is 4.56. The minimum absolute atomic E-state index is 0.110. The van der Waals surface area contributed by atoms with Crippen molar-refractivity contribution >= 4 is 17.3 Å². The lowest BCUT2D eigenvalue weighted by atomic mass is 10.2. The molecule has 27 heavy (non-hydrogen) atoms. The molecule has 140 valence electrons. The topological polar surface area (TPSA) is 58.4 Å². The molecule has 0 unspecified atom stereocenters. The first-order valence-corrected chi connectivity index (χ1v) is 9.27. The minimum Gasteiger partial charge on any atom is -0.441 e. The molecule has 0 fully saturated rings. The number of aromatic nitrogens is 1. The van der Waals surface area contributed by atoms with E-state index >= 15 is 0 Å². The maximum Gasteiger partial charge on any atom is 0.230 e. The van der Waals surface area contributed by atoms with Gasteiger partial charge in [0.05, 0.1) is 12.1 Å². The van der Waals surface area contributed by atoms with Crippen LogP contribution in [0.15, 0.2) is 59.0 Å². The van der Waals surface area contributed by atoms with Crippen molar-refractivity contribution < 1.29 is 9.21 Å². The Hall–Kier alpha value is -3.08. The van der Waals surface area contributed by atoms with Crippen molar-refractivity contribution in [3.63, 3.8) is 0 Å². The Morgan fingerprint density at radius 3 is 2.33 bits per heavy atom. The lowest BCUT2D eigenvalue weighted by Gasteiger charge is -2.21. The summed E-state index contributed by atoms with van der Waals surface area (Å²) in [6.07, 6.45) is 0.181. The Balaban J connectivity index is 1.65. The van der Waals surface area contributed by atoms with Gasteiger partial charge >= 0.3 is 0 Å². The van der Waals surface area contributed by atoms with Gasteiger partial charge in [-0.2, -0.15) is 0 Å². The first-order chi connectivity index (χ1) is 13.1. The van der Waals surface area contributed by atoms with E-state index in [1.54, 1.807) is 0 Å². The molecule has 5 nitrogen and oxygen atoms in total. The SMILES string of the molecule is CCN(CC)c1ccc(NC(=O)Cc2nc(-c3ccccc3)oc2C)cc1. The maximum atomic E-state index is 12.4. The summed E-state index contributed by atoms with van der Waals surface area (Å²) in [5.74, 6) is 1.10. The molecule has 0 radical (unpaired) electrons. The number of rotatable bonds is 7. The number of nitrogens with zero attached hydrogens (tertiary/aromatic N) is 2.